The van der Waals surface area contributed by atoms with Crippen molar-refractivity contribution in [3.63, 3.8) is 0 Å². The van der Waals surface area contributed by atoms with E-state index in [9.17, 15) is 4.79 Å². The fourth-order valence-electron chi connectivity index (χ4n) is 1.96. The van der Waals surface area contributed by atoms with Crippen LogP contribution in [0.5, 0.6) is 0 Å². The van der Waals surface area contributed by atoms with Crippen LogP contribution in [-0.4, -0.2) is 60.6 Å². The minimum atomic E-state index is -0.328. The smallest absolute Gasteiger partial charge is 0.314 e. The molecule has 0 aliphatic carbocycles. The molecule has 20 heavy (non-hydrogen) atoms. The van der Waals surface area contributed by atoms with Gasteiger partial charge in [0.15, 0.2) is 6.33 Å². The molecule has 3 rings (SSSR count). The molecule has 1 unspecified atom stereocenters. The molecule has 2 bridgehead atoms. The van der Waals surface area contributed by atoms with Gasteiger partial charge in [-0.3, -0.25) is 0 Å². The van der Waals surface area contributed by atoms with E-state index >= 15 is 0 Å². The maximum atomic E-state index is 12.0. The Morgan fingerprint density at radius 3 is 3.05 bits per heavy atom. The maximum absolute atomic E-state index is 12.0. The van der Waals surface area contributed by atoms with Gasteiger partial charge in [-0.05, 0) is 11.3 Å². The third-order valence-electron chi connectivity index (χ3n) is 2.68. The van der Waals surface area contributed by atoms with E-state index in [1.807, 2.05) is 0 Å². The summed E-state index contributed by atoms with van der Waals surface area (Å²) in [6.45, 7) is 0.838. The second-order valence-electron chi connectivity index (χ2n) is 3.72. The summed E-state index contributed by atoms with van der Waals surface area (Å²) in [5, 5.41) is 23.7. The second-order valence-corrected chi connectivity index (χ2v) is 4.15. The van der Waals surface area contributed by atoms with E-state index in [0.717, 1.165) is 10.8 Å². The molecule has 11 nitrogen and oxygen atoms in total. The molecule has 0 saturated carbocycles. The Hall–Kier alpha value is -0.730. The van der Waals surface area contributed by atoms with Gasteiger partial charge in [0.1, 0.15) is 6.04 Å². The predicted molar refractivity (Wildman–Crippen MR) is 58.2 cm³/mol. The number of aromatic nitrogens is 4. The number of hydrogen-bond acceptors (Lipinski definition) is 9. The number of fused-ring (bicyclic) bond motifs is 2. The third-order valence-corrected chi connectivity index (χ3v) is 3.02. The van der Waals surface area contributed by atoms with Gasteiger partial charge in [0.05, 0.1) is 12.2 Å². The number of rotatable bonds is 5. The molecule has 0 radical (unpaired) electrons. The summed E-state index contributed by atoms with van der Waals surface area (Å²) in [4.78, 5) is 14.9. The first kappa shape index (κ1) is 15.7. The number of amides is 2. The standard InChI is InChI=1S/C7H8N6O5S.Na/c14-7-11-2-5(12(7)16-19-18-17-15)1-6(3-11)13-9-4-8-10-13;/h1,4-5,15H,2-3H2;/q;+1. The number of hydrogen-bond donors (Lipinski definition) is 1. The first-order valence-electron chi connectivity index (χ1n) is 5.13. The summed E-state index contributed by atoms with van der Waals surface area (Å²) in [5.74, 6) is 0. The molecule has 0 aromatic carbocycles. The van der Waals surface area contributed by atoms with E-state index in [-0.39, 0.29) is 41.6 Å². The number of hydroxylamine groups is 2. The molecule has 2 aliphatic rings. The Morgan fingerprint density at radius 2 is 2.35 bits per heavy atom. The number of tetrazole rings is 1. The van der Waals surface area contributed by atoms with Crippen LogP contribution in [0.25, 0.3) is 5.70 Å². The van der Waals surface area contributed by atoms with E-state index in [2.05, 4.69) is 24.8 Å². The molecule has 2 amide bonds. The summed E-state index contributed by atoms with van der Waals surface area (Å²) >= 11 is 0.328. The minimum Gasteiger partial charge on any atom is -0.314 e. The van der Waals surface area contributed by atoms with Gasteiger partial charge in [0, 0.05) is 6.54 Å². The largest absolute Gasteiger partial charge is 1.00 e. The first-order chi connectivity index (χ1) is 9.29. The molecule has 13 heteroatoms. The number of nitrogens with zero attached hydrogens (tertiary/aromatic N) is 6. The monoisotopic (exact) mass is 311 g/mol. The molecule has 2 aliphatic heterocycles. The van der Waals surface area contributed by atoms with Crippen LogP contribution in [0.15, 0.2) is 12.4 Å². The van der Waals surface area contributed by atoms with Crippen molar-refractivity contribution in [3.8, 4) is 0 Å². The van der Waals surface area contributed by atoms with E-state index in [4.69, 9.17) is 9.54 Å². The maximum Gasteiger partial charge on any atom is 1.00 e. The van der Waals surface area contributed by atoms with Crippen LogP contribution in [0.2, 0.25) is 0 Å². The van der Waals surface area contributed by atoms with Crippen molar-refractivity contribution >= 4 is 24.1 Å². The summed E-state index contributed by atoms with van der Waals surface area (Å²) < 4.78 is 9.04. The molecule has 3 heterocycles. The molecule has 1 atom stereocenters. The molecule has 1 N–H and O–H groups in total. The van der Waals surface area contributed by atoms with Crippen molar-refractivity contribution in [1.29, 1.82) is 0 Å². The van der Waals surface area contributed by atoms with E-state index in [0.29, 0.717) is 25.4 Å². The fourth-order valence-corrected chi connectivity index (χ4v) is 2.25. The Kier molecular flexibility index (Phi) is 5.34. The molecule has 1 aromatic heterocycles. The molecule has 1 saturated heterocycles. The fraction of sp³-hybridized carbons (Fsp3) is 0.429. The topological polar surface area (TPSA) is 115 Å². The van der Waals surface area contributed by atoms with Crippen LogP contribution in [-0.2, 0) is 13.7 Å². The predicted octanol–water partition coefficient (Wildman–Crippen LogP) is -3.45. The van der Waals surface area contributed by atoms with Crippen molar-refractivity contribution in [3.05, 3.63) is 12.4 Å². The van der Waals surface area contributed by atoms with Gasteiger partial charge in [0.25, 0.3) is 0 Å². The zero-order chi connectivity index (χ0) is 13.2. The SMILES string of the molecule is O=C1N2CC(n3ncnn3)=CC(C2)N1OSOOO.[Na+]. The van der Waals surface area contributed by atoms with Gasteiger partial charge in [0.2, 0.25) is 12.3 Å². The van der Waals surface area contributed by atoms with Crippen LogP contribution in [0.3, 0.4) is 0 Å². The van der Waals surface area contributed by atoms with Crippen LogP contribution < -0.4 is 29.6 Å². The molecular weight excluding hydrogens is 303 g/mol. The van der Waals surface area contributed by atoms with E-state index in [1.54, 1.807) is 11.0 Å². The average Bonchev–Trinajstić information content (AvgIpc) is 3.02. The second kappa shape index (κ2) is 6.82. The molecular formula is C7H8N6NaO5S+. The van der Waals surface area contributed by atoms with E-state index in [1.165, 1.54) is 11.1 Å². The van der Waals surface area contributed by atoms with Crippen molar-refractivity contribution in [2.75, 3.05) is 13.1 Å². The quantitative estimate of drug-likeness (QED) is 0.195. The van der Waals surface area contributed by atoms with Crippen LogP contribution in [0.4, 0.5) is 4.79 Å². The summed E-state index contributed by atoms with van der Waals surface area (Å²) in [6.07, 6.45) is 3.11. The van der Waals surface area contributed by atoms with Gasteiger partial charge >= 0.3 is 35.6 Å². The van der Waals surface area contributed by atoms with Gasteiger partial charge in [-0.1, -0.05) is 5.04 Å². The Labute approximate surface area is 138 Å². The van der Waals surface area contributed by atoms with Gasteiger partial charge < -0.3 is 4.90 Å². The van der Waals surface area contributed by atoms with Gasteiger partial charge in [-0.15, -0.1) is 19.3 Å². The van der Waals surface area contributed by atoms with Gasteiger partial charge in [-0.25, -0.2) is 10.1 Å². The Bertz CT molecular complexity index is 500. The molecule has 102 valence electrons. The number of carbonyl (C=O) groups is 1. The number of carbonyl (C=O) groups excluding carboxylic acids is 1. The summed E-state index contributed by atoms with van der Waals surface area (Å²) in [7, 11) is 0. The summed E-state index contributed by atoms with van der Waals surface area (Å²) in [6, 6.07) is -0.637. The first-order valence-corrected chi connectivity index (χ1v) is 5.80. The Morgan fingerprint density at radius 1 is 1.50 bits per heavy atom. The molecule has 0 spiro atoms. The van der Waals surface area contributed by atoms with Crippen LogP contribution in [0, 0.1) is 0 Å². The molecule has 1 aromatic rings. The number of urea groups is 1. The van der Waals surface area contributed by atoms with Crippen molar-refractivity contribution < 1.29 is 53.3 Å². The zero-order valence-electron chi connectivity index (χ0n) is 10.3. The normalized spacial score (nSPS) is 20.9. The van der Waals surface area contributed by atoms with Crippen molar-refractivity contribution in [2.24, 2.45) is 0 Å². The molecule has 1 fully saturated rings. The van der Waals surface area contributed by atoms with Crippen molar-refractivity contribution in [1.82, 2.24) is 30.2 Å². The third kappa shape index (κ3) is 2.96. The average molecular weight is 311 g/mol. The van der Waals surface area contributed by atoms with Crippen LogP contribution >= 0.6 is 12.3 Å². The van der Waals surface area contributed by atoms with E-state index < -0.39 is 0 Å². The van der Waals surface area contributed by atoms with Crippen LogP contribution in [0.1, 0.15) is 0 Å². The minimum absolute atomic E-state index is 0. The Balaban J connectivity index is 0.00000147. The zero-order valence-corrected chi connectivity index (χ0v) is 13.1. The summed E-state index contributed by atoms with van der Waals surface area (Å²) in [5.41, 5.74) is 0.720. The van der Waals surface area contributed by atoms with Crippen molar-refractivity contribution in [2.45, 2.75) is 6.04 Å². The van der Waals surface area contributed by atoms with Gasteiger partial charge in [-0.2, -0.15) is 9.35 Å².